The van der Waals surface area contributed by atoms with Crippen molar-refractivity contribution in [3.63, 3.8) is 0 Å². The molecular formula is C14H13N3. The van der Waals surface area contributed by atoms with Crippen LogP contribution in [0.1, 0.15) is 11.3 Å². The lowest BCUT2D eigenvalue weighted by Crippen LogP contribution is -1.87. The van der Waals surface area contributed by atoms with Crippen molar-refractivity contribution in [3.05, 3.63) is 47.8 Å². The smallest absolute Gasteiger partial charge is 0.140 e. The normalized spacial score (nSPS) is 10.9. The van der Waals surface area contributed by atoms with Crippen LogP contribution in [0, 0.1) is 13.8 Å². The standard InChI is InChI=1S/C14H13N3/c1-9-5-3-7-12-13(9)17-14(16-12)11-6-4-8-15-10(11)2/h3-8H,1-2H3,(H,16,17). The Morgan fingerprint density at radius 2 is 1.94 bits per heavy atom. The number of hydrogen-bond acceptors (Lipinski definition) is 2. The first kappa shape index (κ1) is 10.0. The van der Waals surface area contributed by atoms with E-state index in [1.165, 1.54) is 5.56 Å². The summed E-state index contributed by atoms with van der Waals surface area (Å²) in [6.45, 7) is 4.07. The van der Waals surface area contributed by atoms with E-state index in [9.17, 15) is 0 Å². The van der Waals surface area contributed by atoms with Crippen LogP contribution in [0.15, 0.2) is 36.5 Å². The van der Waals surface area contributed by atoms with Crippen molar-refractivity contribution in [2.24, 2.45) is 0 Å². The van der Waals surface area contributed by atoms with Gasteiger partial charge in [0, 0.05) is 17.5 Å². The van der Waals surface area contributed by atoms with E-state index in [4.69, 9.17) is 0 Å². The quantitative estimate of drug-likeness (QED) is 0.688. The highest BCUT2D eigenvalue weighted by Crippen LogP contribution is 2.23. The molecule has 2 aromatic heterocycles. The lowest BCUT2D eigenvalue weighted by Gasteiger charge is -1.99. The second-order valence-corrected chi connectivity index (χ2v) is 4.19. The Balaban J connectivity index is 2.26. The van der Waals surface area contributed by atoms with E-state index in [-0.39, 0.29) is 0 Å². The van der Waals surface area contributed by atoms with Crippen LogP contribution in [0.3, 0.4) is 0 Å². The number of aryl methyl sites for hydroxylation is 2. The van der Waals surface area contributed by atoms with Gasteiger partial charge in [0.05, 0.1) is 11.0 Å². The van der Waals surface area contributed by atoms with Crippen molar-refractivity contribution in [1.82, 2.24) is 15.0 Å². The number of benzene rings is 1. The minimum absolute atomic E-state index is 0.889. The molecule has 0 saturated carbocycles. The molecule has 0 aliphatic heterocycles. The van der Waals surface area contributed by atoms with E-state index in [2.05, 4.69) is 27.9 Å². The maximum Gasteiger partial charge on any atom is 0.140 e. The van der Waals surface area contributed by atoms with Crippen molar-refractivity contribution in [3.8, 4) is 11.4 Å². The fourth-order valence-corrected chi connectivity index (χ4v) is 2.04. The van der Waals surface area contributed by atoms with Gasteiger partial charge in [0.1, 0.15) is 5.82 Å². The van der Waals surface area contributed by atoms with Crippen molar-refractivity contribution in [2.75, 3.05) is 0 Å². The van der Waals surface area contributed by atoms with Crippen LogP contribution >= 0.6 is 0 Å². The predicted molar refractivity (Wildman–Crippen MR) is 68.8 cm³/mol. The fraction of sp³-hybridized carbons (Fsp3) is 0.143. The van der Waals surface area contributed by atoms with Gasteiger partial charge in [-0.2, -0.15) is 0 Å². The summed E-state index contributed by atoms with van der Waals surface area (Å²) >= 11 is 0. The van der Waals surface area contributed by atoms with Gasteiger partial charge in [-0.05, 0) is 37.6 Å². The fourth-order valence-electron chi connectivity index (χ4n) is 2.04. The highest BCUT2D eigenvalue weighted by molar-refractivity contribution is 5.82. The van der Waals surface area contributed by atoms with Gasteiger partial charge >= 0.3 is 0 Å². The topological polar surface area (TPSA) is 41.6 Å². The molecule has 0 spiro atoms. The molecule has 0 bridgehead atoms. The van der Waals surface area contributed by atoms with Gasteiger partial charge in [-0.15, -0.1) is 0 Å². The maximum atomic E-state index is 4.65. The van der Waals surface area contributed by atoms with Crippen LogP contribution in [0.4, 0.5) is 0 Å². The summed E-state index contributed by atoms with van der Waals surface area (Å²) in [5.74, 6) is 0.889. The molecule has 0 aliphatic rings. The zero-order valence-corrected chi connectivity index (χ0v) is 9.86. The second-order valence-electron chi connectivity index (χ2n) is 4.19. The molecule has 3 aromatic rings. The summed E-state index contributed by atoms with van der Waals surface area (Å²) in [7, 11) is 0. The monoisotopic (exact) mass is 223 g/mol. The van der Waals surface area contributed by atoms with Crippen LogP contribution in [0.25, 0.3) is 22.4 Å². The first-order valence-corrected chi connectivity index (χ1v) is 5.63. The molecule has 0 amide bonds. The first-order chi connectivity index (χ1) is 8.25. The number of nitrogens with zero attached hydrogens (tertiary/aromatic N) is 2. The van der Waals surface area contributed by atoms with Crippen molar-refractivity contribution in [2.45, 2.75) is 13.8 Å². The Kier molecular flexibility index (Phi) is 2.18. The van der Waals surface area contributed by atoms with Gasteiger partial charge < -0.3 is 4.98 Å². The summed E-state index contributed by atoms with van der Waals surface area (Å²) in [5.41, 5.74) is 5.34. The second kappa shape index (κ2) is 3.70. The molecular weight excluding hydrogens is 210 g/mol. The molecule has 3 nitrogen and oxygen atoms in total. The summed E-state index contributed by atoms with van der Waals surface area (Å²) < 4.78 is 0. The summed E-state index contributed by atoms with van der Waals surface area (Å²) in [5, 5.41) is 0. The largest absolute Gasteiger partial charge is 0.338 e. The average molecular weight is 223 g/mol. The molecule has 0 radical (unpaired) electrons. The van der Waals surface area contributed by atoms with Crippen molar-refractivity contribution in [1.29, 1.82) is 0 Å². The van der Waals surface area contributed by atoms with E-state index in [0.717, 1.165) is 28.1 Å². The van der Waals surface area contributed by atoms with E-state index < -0.39 is 0 Å². The number of para-hydroxylation sites is 1. The molecule has 3 heteroatoms. The van der Waals surface area contributed by atoms with Crippen LogP contribution in [-0.2, 0) is 0 Å². The minimum atomic E-state index is 0.889. The van der Waals surface area contributed by atoms with Crippen LogP contribution < -0.4 is 0 Å². The summed E-state index contributed by atoms with van der Waals surface area (Å²) in [6, 6.07) is 10.1. The Morgan fingerprint density at radius 3 is 2.71 bits per heavy atom. The number of aromatic amines is 1. The third-order valence-corrected chi connectivity index (χ3v) is 2.98. The number of nitrogens with one attached hydrogen (secondary N) is 1. The van der Waals surface area contributed by atoms with Crippen LogP contribution in [0.2, 0.25) is 0 Å². The van der Waals surface area contributed by atoms with E-state index in [1.807, 2.05) is 31.2 Å². The van der Waals surface area contributed by atoms with Crippen LogP contribution in [0.5, 0.6) is 0 Å². The molecule has 2 heterocycles. The molecule has 0 unspecified atom stereocenters. The Labute approximate surface area is 99.5 Å². The van der Waals surface area contributed by atoms with Gasteiger partial charge in [0.15, 0.2) is 0 Å². The van der Waals surface area contributed by atoms with Crippen molar-refractivity contribution >= 4 is 11.0 Å². The van der Waals surface area contributed by atoms with E-state index in [1.54, 1.807) is 6.20 Å². The molecule has 0 aliphatic carbocycles. The highest BCUT2D eigenvalue weighted by Gasteiger charge is 2.08. The number of fused-ring (bicyclic) bond motifs is 1. The number of hydrogen-bond donors (Lipinski definition) is 1. The highest BCUT2D eigenvalue weighted by atomic mass is 14.9. The molecule has 1 N–H and O–H groups in total. The number of imidazole rings is 1. The Hall–Kier alpha value is -2.16. The minimum Gasteiger partial charge on any atom is -0.338 e. The molecule has 17 heavy (non-hydrogen) atoms. The van der Waals surface area contributed by atoms with Gasteiger partial charge in [-0.25, -0.2) is 4.98 Å². The van der Waals surface area contributed by atoms with Crippen molar-refractivity contribution < 1.29 is 0 Å². The molecule has 3 rings (SSSR count). The number of H-pyrrole nitrogens is 1. The number of rotatable bonds is 1. The molecule has 0 fully saturated rings. The zero-order valence-electron chi connectivity index (χ0n) is 9.86. The van der Waals surface area contributed by atoms with Gasteiger partial charge in [-0.1, -0.05) is 12.1 Å². The Bertz CT molecular complexity index is 683. The zero-order chi connectivity index (χ0) is 11.8. The lowest BCUT2D eigenvalue weighted by molar-refractivity contribution is 1.18. The maximum absolute atomic E-state index is 4.65. The molecule has 0 saturated heterocycles. The van der Waals surface area contributed by atoms with Gasteiger partial charge in [0.25, 0.3) is 0 Å². The summed E-state index contributed by atoms with van der Waals surface area (Å²) in [6.07, 6.45) is 1.80. The number of pyridine rings is 1. The molecule has 0 atom stereocenters. The number of aromatic nitrogens is 3. The van der Waals surface area contributed by atoms with Gasteiger partial charge in [-0.3, -0.25) is 4.98 Å². The first-order valence-electron chi connectivity index (χ1n) is 5.63. The van der Waals surface area contributed by atoms with E-state index in [0.29, 0.717) is 0 Å². The molecule has 1 aromatic carbocycles. The SMILES string of the molecule is Cc1ncccc1-c1nc2c(C)cccc2[nH]1. The lowest BCUT2D eigenvalue weighted by atomic mass is 10.2. The van der Waals surface area contributed by atoms with Crippen LogP contribution in [-0.4, -0.2) is 15.0 Å². The molecule has 84 valence electrons. The third-order valence-electron chi connectivity index (χ3n) is 2.98. The Morgan fingerprint density at radius 1 is 1.06 bits per heavy atom. The van der Waals surface area contributed by atoms with E-state index >= 15 is 0 Å². The predicted octanol–water partition coefficient (Wildman–Crippen LogP) is 3.24. The third kappa shape index (κ3) is 1.60. The van der Waals surface area contributed by atoms with Gasteiger partial charge in [0.2, 0.25) is 0 Å². The summed E-state index contributed by atoms with van der Waals surface area (Å²) in [4.78, 5) is 12.3. The average Bonchev–Trinajstić information content (AvgIpc) is 2.75.